The Morgan fingerprint density at radius 2 is 1.83 bits per heavy atom. The van der Waals surface area contributed by atoms with E-state index in [1.807, 2.05) is 55.1 Å². The predicted molar refractivity (Wildman–Crippen MR) is 99.1 cm³/mol. The van der Waals surface area contributed by atoms with Gasteiger partial charge in [-0.1, -0.05) is 37.3 Å². The summed E-state index contributed by atoms with van der Waals surface area (Å²) in [6, 6.07) is 14.3. The zero-order valence-corrected chi connectivity index (χ0v) is 15.0. The lowest BCUT2D eigenvalue weighted by molar-refractivity contribution is 0.0684. The largest absolute Gasteiger partial charge is 0.381 e. The molecule has 1 N–H and O–H groups in total. The summed E-state index contributed by atoms with van der Waals surface area (Å²) in [7, 11) is 0. The minimum Gasteiger partial charge on any atom is -0.381 e. The van der Waals surface area contributed by atoms with Crippen LogP contribution < -0.4 is 5.32 Å². The van der Waals surface area contributed by atoms with E-state index in [-0.39, 0.29) is 11.9 Å². The molecule has 1 amide bonds. The number of rotatable bonds is 7. The maximum absolute atomic E-state index is 12.8. The number of hydrogen-bond donors (Lipinski definition) is 1. The second-order valence-electron chi connectivity index (χ2n) is 6.40. The molecule has 0 fully saturated rings. The van der Waals surface area contributed by atoms with Crippen LogP contribution in [0.2, 0.25) is 0 Å². The second-order valence-corrected chi connectivity index (χ2v) is 6.40. The predicted octanol–water partition coefficient (Wildman–Crippen LogP) is 4.34. The van der Waals surface area contributed by atoms with Gasteiger partial charge in [-0.25, -0.2) is 4.98 Å². The first kappa shape index (κ1) is 18.0. The molecule has 1 atom stereocenters. The quantitative estimate of drug-likeness (QED) is 0.823. The highest BCUT2D eigenvalue weighted by Crippen LogP contribution is 2.14. The Bertz CT molecular complexity index is 638. The molecule has 0 spiro atoms. The Kier molecular flexibility index (Phi) is 6.36. The summed E-state index contributed by atoms with van der Waals surface area (Å²) < 4.78 is 0. The van der Waals surface area contributed by atoms with Gasteiger partial charge in [0.1, 0.15) is 5.69 Å². The van der Waals surface area contributed by atoms with Crippen molar-refractivity contribution < 1.29 is 4.79 Å². The number of benzene rings is 1. The molecule has 1 aromatic heterocycles. The smallest absolute Gasteiger partial charge is 0.272 e. The third kappa shape index (κ3) is 4.82. The van der Waals surface area contributed by atoms with Gasteiger partial charge in [-0.2, -0.15) is 0 Å². The lowest BCUT2D eigenvalue weighted by Crippen LogP contribution is -2.36. The van der Waals surface area contributed by atoms with Gasteiger partial charge < -0.3 is 10.2 Å². The molecule has 0 aliphatic rings. The number of hydrogen-bond acceptors (Lipinski definition) is 3. The molecule has 0 aliphatic heterocycles. The Hall–Kier alpha value is -2.36. The Balaban J connectivity index is 2.12. The van der Waals surface area contributed by atoms with Crippen molar-refractivity contribution in [3.8, 4) is 0 Å². The van der Waals surface area contributed by atoms with E-state index in [2.05, 4.69) is 24.1 Å². The highest BCUT2D eigenvalue weighted by Gasteiger charge is 2.20. The highest BCUT2D eigenvalue weighted by atomic mass is 16.2. The van der Waals surface area contributed by atoms with Crippen molar-refractivity contribution in [3.05, 3.63) is 59.9 Å². The maximum atomic E-state index is 12.8. The topological polar surface area (TPSA) is 45.2 Å². The third-order valence-electron chi connectivity index (χ3n) is 4.09. The molecule has 0 aliphatic carbocycles. The van der Waals surface area contributed by atoms with E-state index >= 15 is 0 Å². The summed E-state index contributed by atoms with van der Waals surface area (Å²) in [6.45, 7) is 8.90. The van der Waals surface area contributed by atoms with Crippen molar-refractivity contribution in [1.29, 1.82) is 0 Å². The number of carbonyl (C=O) groups excluding carboxylic acids is 1. The van der Waals surface area contributed by atoms with Crippen molar-refractivity contribution in [2.24, 2.45) is 0 Å². The van der Waals surface area contributed by atoms with Gasteiger partial charge >= 0.3 is 0 Å². The summed E-state index contributed by atoms with van der Waals surface area (Å²) >= 11 is 0. The zero-order valence-electron chi connectivity index (χ0n) is 15.0. The maximum Gasteiger partial charge on any atom is 0.272 e. The molecule has 128 valence electrons. The molecule has 1 unspecified atom stereocenters. The van der Waals surface area contributed by atoms with Crippen LogP contribution in [0.5, 0.6) is 0 Å². The Morgan fingerprint density at radius 3 is 2.38 bits per heavy atom. The third-order valence-corrected chi connectivity index (χ3v) is 4.09. The first-order valence-electron chi connectivity index (χ1n) is 8.58. The number of pyridine rings is 1. The van der Waals surface area contributed by atoms with Gasteiger partial charge in [-0.3, -0.25) is 4.79 Å². The monoisotopic (exact) mass is 325 g/mol. The van der Waals surface area contributed by atoms with E-state index in [4.69, 9.17) is 0 Å². The van der Waals surface area contributed by atoms with Crippen LogP contribution >= 0.6 is 0 Å². The van der Waals surface area contributed by atoms with Gasteiger partial charge in [0.25, 0.3) is 5.91 Å². The number of amides is 1. The summed E-state index contributed by atoms with van der Waals surface area (Å²) in [4.78, 5) is 19.0. The van der Waals surface area contributed by atoms with Crippen LogP contribution in [0.15, 0.2) is 48.7 Å². The molecule has 2 rings (SSSR count). The number of carbonyl (C=O) groups is 1. The van der Waals surface area contributed by atoms with E-state index in [0.29, 0.717) is 18.3 Å². The molecule has 1 heterocycles. The van der Waals surface area contributed by atoms with Crippen LogP contribution in [0.3, 0.4) is 0 Å². The summed E-state index contributed by atoms with van der Waals surface area (Å²) in [5.74, 6) is -0.0380. The van der Waals surface area contributed by atoms with Gasteiger partial charge in [0.15, 0.2) is 0 Å². The molecule has 0 saturated carbocycles. The van der Waals surface area contributed by atoms with Crippen molar-refractivity contribution in [2.75, 3.05) is 5.32 Å². The van der Waals surface area contributed by atoms with Crippen molar-refractivity contribution in [3.63, 3.8) is 0 Å². The molecule has 24 heavy (non-hydrogen) atoms. The van der Waals surface area contributed by atoms with Gasteiger partial charge in [-0.15, -0.1) is 0 Å². The van der Waals surface area contributed by atoms with Crippen LogP contribution in [0.1, 0.15) is 50.2 Å². The van der Waals surface area contributed by atoms with Crippen molar-refractivity contribution >= 4 is 11.6 Å². The Labute approximate surface area is 144 Å². The van der Waals surface area contributed by atoms with Crippen LogP contribution in [-0.4, -0.2) is 27.9 Å². The van der Waals surface area contributed by atoms with Crippen LogP contribution in [-0.2, 0) is 6.54 Å². The van der Waals surface area contributed by atoms with Gasteiger partial charge in [0.05, 0.1) is 11.9 Å². The zero-order chi connectivity index (χ0) is 17.5. The molecule has 0 saturated heterocycles. The fraction of sp³-hybridized carbons (Fsp3) is 0.400. The lowest BCUT2D eigenvalue weighted by Gasteiger charge is -2.26. The van der Waals surface area contributed by atoms with Crippen molar-refractivity contribution in [1.82, 2.24) is 9.88 Å². The molecule has 0 radical (unpaired) electrons. The standard InChI is InChI=1S/C20H27N3O/c1-5-16(4)22-18-11-12-19(21-13-18)20(24)23(15(2)3)14-17-9-7-6-8-10-17/h6-13,15-16,22H,5,14H2,1-4H3. The molecule has 0 bridgehead atoms. The van der Waals surface area contributed by atoms with E-state index < -0.39 is 0 Å². The van der Waals surface area contributed by atoms with E-state index in [9.17, 15) is 4.79 Å². The van der Waals surface area contributed by atoms with Crippen molar-refractivity contribution in [2.45, 2.75) is 52.7 Å². The van der Waals surface area contributed by atoms with Crippen LogP contribution in [0.4, 0.5) is 5.69 Å². The molecular formula is C20H27N3O. The fourth-order valence-corrected chi connectivity index (χ4v) is 2.41. The molecule has 1 aromatic carbocycles. The van der Waals surface area contributed by atoms with E-state index in [0.717, 1.165) is 17.7 Å². The normalized spacial score (nSPS) is 12.0. The number of anilines is 1. The minimum absolute atomic E-state index is 0.0380. The summed E-state index contributed by atoms with van der Waals surface area (Å²) in [5, 5.41) is 3.36. The first-order valence-corrected chi connectivity index (χ1v) is 8.58. The fourth-order valence-electron chi connectivity index (χ4n) is 2.41. The summed E-state index contributed by atoms with van der Waals surface area (Å²) in [5.41, 5.74) is 2.55. The summed E-state index contributed by atoms with van der Waals surface area (Å²) in [6.07, 6.45) is 2.78. The minimum atomic E-state index is -0.0380. The molecule has 4 heteroatoms. The van der Waals surface area contributed by atoms with Gasteiger partial charge in [0, 0.05) is 18.6 Å². The SMILES string of the molecule is CCC(C)Nc1ccc(C(=O)N(Cc2ccccc2)C(C)C)nc1. The van der Waals surface area contributed by atoms with Gasteiger partial charge in [-0.05, 0) is 44.9 Å². The number of nitrogens with zero attached hydrogens (tertiary/aromatic N) is 2. The van der Waals surface area contributed by atoms with Crippen LogP contribution in [0, 0.1) is 0 Å². The van der Waals surface area contributed by atoms with E-state index in [1.54, 1.807) is 12.3 Å². The molecule has 4 nitrogen and oxygen atoms in total. The molecular weight excluding hydrogens is 298 g/mol. The van der Waals surface area contributed by atoms with E-state index in [1.165, 1.54) is 0 Å². The molecule has 2 aromatic rings. The highest BCUT2D eigenvalue weighted by molar-refractivity contribution is 5.92. The Morgan fingerprint density at radius 1 is 1.12 bits per heavy atom. The van der Waals surface area contributed by atoms with Gasteiger partial charge in [0.2, 0.25) is 0 Å². The second kappa shape index (κ2) is 8.48. The van der Waals surface area contributed by atoms with Crippen LogP contribution in [0.25, 0.3) is 0 Å². The lowest BCUT2D eigenvalue weighted by atomic mass is 10.1. The average molecular weight is 325 g/mol. The number of aromatic nitrogens is 1. The number of nitrogens with one attached hydrogen (secondary N) is 1. The first-order chi connectivity index (χ1) is 11.5. The average Bonchev–Trinajstić information content (AvgIpc) is 2.60.